The number of aliphatic imine (C=N–C) groups is 2. The third kappa shape index (κ3) is 4.72. The number of benzene rings is 1. The first kappa shape index (κ1) is 20.1. The van der Waals surface area contributed by atoms with E-state index in [1.165, 1.54) is 4.90 Å². The first-order valence-corrected chi connectivity index (χ1v) is 8.48. The van der Waals surface area contributed by atoms with Crippen molar-refractivity contribution >= 4 is 18.5 Å². The highest BCUT2D eigenvalue weighted by molar-refractivity contribution is 6.02. The van der Waals surface area contributed by atoms with Crippen LogP contribution in [-0.2, 0) is 9.53 Å². The Bertz CT molecular complexity index is 876. The number of hydrogen-bond donors (Lipinski definition) is 1. The highest BCUT2D eigenvalue weighted by Gasteiger charge is 2.42. The molecule has 1 aliphatic heterocycles. The van der Waals surface area contributed by atoms with Crippen molar-refractivity contribution in [2.24, 2.45) is 9.98 Å². The molecular weight excluding hydrogens is 342 g/mol. The van der Waals surface area contributed by atoms with Gasteiger partial charge in [0.15, 0.2) is 5.84 Å². The Morgan fingerprint density at radius 1 is 1.44 bits per heavy atom. The van der Waals surface area contributed by atoms with E-state index < -0.39 is 5.60 Å². The highest BCUT2D eigenvalue weighted by Crippen LogP contribution is 2.21. The minimum Gasteiger partial charge on any atom is -0.492 e. The summed E-state index contributed by atoms with van der Waals surface area (Å²) < 4.78 is 5.28. The van der Waals surface area contributed by atoms with E-state index in [4.69, 9.17) is 4.74 Å². The van der Waals surface area contributed by atoms with E-state index >= 15 is 0 Å². The molecule has 1 atom stereocenters. The van der Waals surface area contributed by atoms with E-state index in [9.17, 15) is 9.90 Å². The van der Waals surface area contributed by atoms with Crippen molar-refractivity contribution in [2.45, 2.75) is 18.9 Å². The summed E-state index contributed by atoms with van der Waals surface area (Å²) in [6.07, 6.45) is 0.287. The molecule has 0 radical (unpaired) electrons. The Morgan fingerprint density at radius 2 is 2.19 bits per heavy atom. The van der Waals surface area contributed by atoms with Gasteiger partial charge < -0.3 is 14.7 Å². The molecule has 0 aromatic heterocycles. The number of ether oxygens (including phenoxy) is 1. The number of rotatable bonds is 5. The predicted molar refractivity (Wildman–Crippen MR) is 107 cm³/mol. The van der Waals surface area contributed by atoms with E-state index in [2.05, 4.69) is 41.7 Å². The van der Waals surface area contributed by atoms with Crippen LogP contribution in [0.2, 0.25) is 0 Å². The van der Waals surface area contributed by atoms with Crippen LogP contribution in [-0.4, -0.2) is 54.3 Å². The van der Waals surface area contributed by atoms with Gasteiger partial charge in [-0.15, -0.1) is 0 Å². The Kier molecular flexibility index (Phi) is 6.32. The van der Waals surface area contributed by atoms with Crippen LogP contribution < -0.4 is 0 Å². The van der Waals surface area contributed by atoms with Crippen molar-refractivity contribution in [1.82, 2.24) is 4.90 Å². The first-order valence-electron chi connectivity index (χ1n) is 8.48. The van der Waals surface area contributed by atoms with Crippen LogP contribution in [0.25, 0.3) is 0 Å². The molecule has 2 rings (SSSR count). The number of likely N-dealkylation sites (N-methyl/N-ethyl adjacent to an activating group) is 1. The molecule has 0 bridgehead atoms. The van der Waals surface area contributed by atoms with Gasteiger partial charge in [-0.2, -0.15) is 0 Å². The monoisotopic (exact) mass is 365 g/mol. The van der Waals surface area contributed by atoms with Crippen LogP contribution in [0, 0.1) is 11.8 Å². The molecule has 1 aromatic carbocycles. The molecule has 1 aromatic rings. The van der Waals surface area contributed by atoms with Crippen LogP contribution in [0.4, 0.5) is 0 Å². The molecule has 6 nitrogen and oxygen atoms in total. The lowest BCUT2D eigenvalue weighted by molar-refractivity contribution is -0.137. The second kappa shape index (κ2) is 8.47. The van der Waals surface area contributed by atoms with Crippen molar-refractivity contribution in [3.63, 3.8) is 0 Å². The fraction of sp³-hybridized carbons (Fsp3) is 0.286. The fourth-order valence-electron chi connectivity index (χ4n) is 2.52. The lowest BCUT2D eigenvalue weighted by Gasteiger charge is -2.13. The maximum Gasteiger partial charge on any atom is 0.267 e. The van der Waals surface area contributed by atoms with Crippen LogP contribution >= 0.6 is 0 Å². The number of nitrogens with zero attached hydrogens (tertiary/aromatic N) is 3. The average Bonchev–Trinajstić information content (AvgIpc) is 2.92. The molecule has 6 heteroatoms. The normalized spacial score (nSPS) is 19.3. The highest BCUT2D eigenvalue weighted by atomic mass is 16.5. The van der Waals surface area contributed by atoms with Crippen LogP contribution in [0.5, 0.6) is 0 Å². The molecule has 1 amide bonds. The zero-order chi connectivity index (χ0) is 20.0. The van der Waals surface area contributed by atoms with Crippen molar-refractivity contribution < 1.29 is 14.6 Å². The predicted octanol–water partition coefficient (Wildman–Crippen LogP) is 2.14. The molecule has 1 N–H and O–H groups in total. The molecule has 0 saturated carbocycles. The van der Waals surface area contributed by atoms with Crippen molar-refractivity contribution in [1.29, 1.82) is 0 Å². The summed E-state index contributed by atoms with van der Waals surface area (Å²) in [6.45, 7) is 13.9. The van der Waals surface area contributed by atoms with Gasteiger partial charge in [0.25, 0.3) is 5.91 Å². The van der Waals surface area contributed by atoms with Crippen molar-refractivity contribution in [3.8, 4) is 11.8 Å². The van der Waals surface area contributed by atoms with E-state index in [0.717, 1.165) is 0 Å². The molecule has 1 saturated heterocycles. The largest absolute Gasteiger partial charge is 0.492 e. The molecule has 0 spiro atoms. The van der Waals surface area contributed by atoms with Crippen molar-refractivity contribution in [3.05, 3.63) is 60.0 Å². The Labute approximate surface area is 159 Å². The van der Waals surface area contributed by atoms with Gasteiger partial charge in [0.1, 0.15) is 5.76 Å². The third-order valence-corrected chi connectivity index (χ3v) is 4.07. The summed E-state index contributed by atoms with van der Waals surface area (Å²) >= 11 is 0. The summed E-state index contributed by atoms with van der Waals surface area (Å²) in [5.74, 6) is 5.88. The van der Waals surface area contributed by atoms with Crippen molar-refractivity contribution in [2.75, 3.05) is 20.2 Å². The van der Waals surface area contributed by atoms with Gasteiger partial charge in [-0.3, -0.25) is 4.79 Å². The van der Waals surface area contributed by atoms with E-state index in [-0.39, 0.29) is 12.3 Å². The Balaban J connectivity index is 2.28. The van der Waals surface area contributed by atoms with Gasteiger partial charge in [0.2, 0.25) is 5.60 Å². The van der Waals surface area contributed by atoms with E-state index in [0.29, 0.717) is 41.6 Å². The van der Waals surface area contributed by atoms with Crippen LogP contribution in [0.3, 0.4) is 0 Å². The molecule has 1 heterocycles. The summed E-state index contributed by atoms with van der Waals surface area (Å²) in [4.78, 5) is 21.7. The number of aliphatic hydroxyl groups is 1. The lowest BCUT2D eigenvalue weighted by Crippen LogP contribution is -2.37. The first-order chi connectivity index (χ1) is 12.8. The minimum absolute atomic E-state index is 0.287. The summed E-state index contributed by atoms with van der Waals surface area (Å²) in [5, 5.41) is 10.4. The van der Waals surface area contributed by atoms with Crippen LogP contribution in [0.15, 0.2) is 58.9 Å². The quantitative estimate of drug-likeness (QED) is 0.286. The van der Waals surface area contributed by atoms with Gasteiger partial charge in [-0.1, -0.05) is 37.1 Å². The number of likely N-dealkylation sites (tertiary alicyclic amines) is 1. The van der Waals surface area contributed by atoms with Crippen LogP contribution in [0.1, 0.15) is 24.5 Å². The molecule has 1 unspecified atom stereocenters. The summed E-state index contributed by atoms with van der Waals surface area (Å²) in [6, 6.07) is 7.12. The van der Waals surface area contributed by atoms with Gasteiger partial charge in [0, 0.05) is 31.1 Å². The minimum atomic E-state index is -1.64. The molecule has 1 fully saturated rings. The topological polar surface area (TPSA) is 74.5 Å². The average molecular weight is 365 g/mol. The number of amides is 1. The summed E-state index contributed by atoms with van der Waals surface area (Å²) in [7, 11) is 1.64. The second-order valence-electron chi connectivity index (χ2n) is 6.06. The molecule has 140 valence electrons. The standard InChI is InChI=1S/C21H23N3O3/c1-6-27-16(3)15(2)23-19(22-4)18-9-7-8-17(14-18)10-11-21(26)12-13-24(5)20(21)25/h7-9,14,26H,2-4,6,12-13H2,1,5H3. The zero-order valence-electron chi connectivity index (χ0n) is 15.7. The van der Waals surface area contributed by atoms with Gasteiger partial charge in [0.05, 0.1) is 12.3 Å². The maximum atomic E-state index is 12.0. The lowest BCUT2D eigenvalue weighted by atomic mass is 10.0. The molecule has 1 aliphatic rings. The number of carbonyl (C=O) groups is 1. The SMILES string of the molecule is C=NC(=NC(=C)C(=C)OCC)c1cccc(C#CC2(O)CCN(C)C2=O)c1. The smallest absolute Gasteiger partial charge is 0.267 e. The van der Waals surface area contributed by atoms with Gasteiger partial charge >= 0.3 is 0 Å². The summed E-state index contributed by atoms with van der Waals surface area (Å²) in [5.41, 5.74) is 0.00429. The van der Waals surface area contributed by atoms with E-state index in [1.807, 2.05) is 6.92 Å². The third-order valence-electron chi connectivity index (χ3n) is 4.07. The number of carbonyl (C=O) groups excluding carboxylic acids is 1. The number of amidine groups is 1. The fourth-order valence-corrected chi connectivity index (χ4v) is 2.52. The maximum absolute atomic E-state index is 12.0. The second-order valence-corrected chi connectivity index (χ2v) is 6.06. The molecule has 0 aliphatic carbocycles. The van der Waals surface area contributed by atoms with Gasteiger partial charge in [-0.25, -0.2) is 9.98 Å². The van der Waals surface area contributed by atoms with Gasteiger partial charge in [-0.05, 0) is 25.8 Å². The molecular formula is C21H23N3O3. The number of hydrogen-bond acceptors (Lipinski definition) is 4. The van der Waals surface area contributed by atoms with E-state index in [1.54, 1.807) is 31.3 Å². The Morgan fingerprint density at radius 3 is 2.78 bits per heavy atom. The molecule has 27 heavy (non-hydrogen) atoms. The zero-order valence-corrected chi connectivity index (χ0v) is 15.7. The Hall–Kier alpha value is -3.17.